The summed E-state index contributed by atoms with van der Waals surface area (Å²) in [6.07, 6.45) is 6.96. The van der Waals surface area contributed by atoms with Crippen LogP contribution in [0.4, 0.5) is 0 Å². The molecule has 0 saturated carbocycles. The standard InChI is InChI=1S/C22H24N.2C21H22N.C20H20N/c1-15-12-22(23(5)14-18(15)4)21-13-20(16(2)11-17(21)3)19-9-7-6-8-10-19;1-15-10-11-19(18-8-6-5-7-9-18)13-20(15)21-12-16(2)17(3)14-22(21)4;1-15-10-11-21(22(4)14-15)20-13-19(16(2)12-17(20)3)18-8-6-5-7-9-18;1-15-13-16(2)19(20-11-7-8-12-21(20)3)14-18(15)17-9-5-4-6-10-17/h6-14H,1-5H3;2*5-14H,1-4H3;4-14H,1-3H3/q4*+1/i2D3,4D3;3D3;1D3,2D3;1D3. The molecule has 0 bridgehead atoms. The minimum absolute atomic E-state index is 0.263. The van der Waals surface area contributed by atoms with E-state index in [1.807, 2.05) is 222 Å². The van der Waals surface area contributed by atoms with E-state index < -0.39 is 41.1 Å². The first-order valence-corrected chi connectivity index (χ1v) is 29.3. The molecule has 0 spiro atoms. The minimum atomic E-state index is -2.24. The second kappa shape index (κ2) is 28.3. The lowest BCUT2D eigenvalue weighted by Gasteiger charge is -2.12. The van der Waals surface area contributed by atoms with Crippen LogP contribution in [-0.4, -0.2) is 0 Å². The van der Waals surface area contributed by atoms with Gasteiger partial charge < -0.3 is 0 Å². The fourth-order valence-corrected chi connectivity index (χ4v) is 11.0. The molecule has 0 aliphatic heterocycles. The van der Waals surface area contributed by atoms with Crippen molar-refractivity contribution in [1.29, 1.82) is 0 Å². The highest BCUT2D eigenvalue weighted by Crippen LogP contribution is 2.35. The van der Waals surface area contributed by atoms with Gasteiger partial charge >= 0.3 is 0 Å². The molecule has 0 aliphatic carbocycles. The third kappa shape index (κ3) is 14.8. The van der Waals surface area contributed by atoms with Crippen LogP contribution in [0.3, 0.4) is 0 Å². The zero-order valence-corrected chi connectivity index (χ0v) is 51.9. The first-order valence-electron chi connectivity index (χ1n) is 38.3. The van der Waals surface area contributed by atoms with Crippen molar-refractivity contribution in [3.8, 4) is 89.5 Å². The molecule has 12 rings (SSSR count). The van der Waals surface area contributed by atoms with Gasteiger partial charge in [0.05, 0.1) is 0 Å². The minimum Gasteiger partial charge on any atom is -0.201 e. The van der Waals surface area contributed by atoms with E-state index in [0.29, 0.717) is 44.5 Å². The fraction of sp³-hybridized carbons (Fsp3) is 0.190. The maximum atomic E-state index is 7.97. The maximum absolute atomic E-state index is 7.97. The largest absolute Gasteiger partial charge is 0.212 e. The molecular formula is C84H88N4+4. The van der Waals surface area contributed by atoms with Crippen LogP contribution in [0, 0.1) is 82.7 Å². The smallest absolute Gasteiger partial charge is 0.201 e. The molecular weight excluding hydrogens is 1060 g/mol. The Morgan fingerprint density at radius 2 is 0.602 bits per heavy atom. The van der Waals surface area contributed by atoms with Crippen molar-refractivity contribution in [3.05, 3.63) is 310 Å². The third-order valence-electron chi connectivity index (χ3n) is 15.9. The van der Waals surface area contributed by atoms with Crippen LogP contribution >= 0.6 is 0 Å². The summed E-state index contributed by atoms with van der Waals surface area (Å²) in [4.78, 5) is 0. The van der Waals surface area contributed by atoms with Crippen LogP contribution in [0.1, 0.15) is 91.4 Å². The van der Waals surface area contributed by atoms with Crippen molar-refractivity contribution < 1.29 is 42.9 Å². The van der Waals surface area contributed by atoms with Gasteiger partial charge in [0.15, 0.2) is 24.8 Å². The Hall–Kier alpha value is -9.64. The van der Waals surface area contributed by atoms with E-state index in [9.17, 15) is 0 Å². The predicted molar refractivity (Wildman–Crippen MR) is 371 cm³/mol. The average Bonchev–Trinajstić information content (AvgIpc) is 0.810. The highest BCUT2D eigenvalue weighted by atomic mass is 14.9. The van der Waals surface area contributed by atoms with Gasteiger partial charge in [-0.1, -0.05) is 152 Å². The quantitative estimate of drug-likeness (QED) is 0.135. The summed E-state index contributed by atoms with van der Waals surface area (Å²) in [6, 6.07) is 69.5. The first-order chi connectivity index (χ1) is 49.5. The Kier molecular flexibility index (Phi) is 13.8. The van der Waals surface area contributed by atoms with Crippen LogP contribution in [0.5, 0.6) is 0 Å². The molecule has 440 valence electrons. The zero-order chi connectivity index (χ0) is 77.8. The molecule has 0 amide bonds. The first kappa shape index (κ1) is 43.1. The van der Waals surface area contributed by atoms with Crippen molar-refractivity contribution in [2.45, 2.75) is 82.7 Å². The van der Waals surface area contributed by atoms with Crippen molar-refractivity contribution in [2.75, 3.05) is 0 Å². The summed E-state index contributed by atoms with van der Waals surface area (Å²) in [5.74, 6) is 0. The van der Waals surface area contributed by atoms with Crippen molar-refractivity contribution in [2.24, 2.45) is 28.2 Å². The van der Waals surface area contributed by atoms with E-state index in [0.717, 1.165) is 101 Å². The van der Waals surface area contributed by atoms with E-state index in [1.54, 1.807) is 72.0 Å². The molecule has 12 aromatic rings. The third-order valence-corrected chi connectivity index (χ3v) is 15.9. The van der Waals surface area contributed by atoms with E-state index in [1.165, 1.54) is 5.56 Å². The average molecular weight is 1170 g/mol. The van der Waals surface area contributed by atoms with Crippen molar-refractivity contribution in [3.63, 3.8) is 0 Å². The molecule has 8 aromatic carbocycles. The number of nitrogens with zero attached hydrogens (tertiary/aromatic N) is 4. The molecule has 0 aliphatic rings. The highest BCUT2D eigenvalue weighted by molar-refractivity contribution is 5.79. The molecule has 4 aromatic heterocycles. The zero-order valence-electron chi connectivity index (χ0n) is 69.9. The summed E-state index contributed by atoms with van der Waals surface area (Å²) in [5.41, 5.74) is 21.8. The van der Waals surface area contributed by atoms with Gasteiger partial charge in [0.1, 0.15) is 28.2 Å². The van der Waals surface area contributed by atoms with Crippen LogP contribution in [0.25, 0.3) is 89.5 Å². The van der Waals surface area contributed by atoms with E-state index >= 15 is 0 Å². The Morgan fingerprint density at radius 3 is 1.00 bits per heavy atom. The van der Waals surface area contributed by atoms with Gasteiger partial charge in [-0.2, -0.15) is 0 Å². The Labute approximate surface area is 551 Å². The molecule has 0 fully saturated rings. The van der Waals surface area contributed by atoms with Gasteiger partial charge in [-0.15, -0.1) is 0 Å². The number of aromatic nitrogens is 4. The SMILES string of the molecule is [2H]C([2H])([2H])c1c[n+](C)c(-c2cc(-c3ccccc3)c(C([2H])([2H])[2H])cc2C)cc1C.[2H]C([2H])([2H])c1c[n+](C)c(-c2cc(-c3ccccc3)ccc2C)cc1C.[2H]C([2H])([2H])c1cc(C)c(-c2cccc[n+]2C)cc1-c1ccccc1.[2H]C([2H])([2H])c1ccc(-c2cc(-c3ccccc3)c(C([2H])([2H])[2H])cc2C)[n+](C)c1. The highest BCUT2D eigenvalue weighted by Gasteiger charge is 2.20. The van der Waals surface area contributed by atoms with Gasteiger partial charge in [-0.3, -0.25) is 0 Å². The van der Waals surface area contributed by atoms with Gasteiger partial charge in [-0.05, 0) is 214 Å². The Bertz CT molecular complexity index is 5120. The monoisotopic (exact) mass is 1170 g/mol. The number of benzene rings is 8. The molecule has 88 heavy (non-hydrogen) atoms. The van der Waals surface area contributed by atoms with Crippen molar-refractivity contribution >= 4 is 0 Å². The second-order valence-electron chi connectivity index (χ2n) is 22.5. The second-order valence-corrected chi connectivity index (χ2v) is 22.5. The molecule has 0 radical (unpaired) electrons. The fourth-order valence-electron chi connectivity index (χ4n) is 11.0. The van der Waals surface area contributed by atoms with Crippen LogP contribution in [0.2, 0.25) is 0 Å². The summed E-state index contributed by atoms with van der Waals surface area (Å²) >= 11 is 0. The topological polar surface area (TPSA) is 15.5 Å². The lowest BCUT2D eigenvalue weighted by Crippen LogP contribution is -2.31. The predicted octanol–water partition coefficient (Wildman–Crippen LogP) is 19.1. The molecule has 4 heterocycles. The van der Waals surface area contributed by atoms with Crippen LogP contribution in [-0.2, 0) is 28.2 Å². The summed E-state index contributed by atoms with van der Waals surface area (Å²) in [6.45, 7) is -1.63. The number of hydrogen-bond acceptors (Lipinski definition) is 0. The molecule has 0 saturated heterocycles. The van der Waals surface area contributed by atoms with Gasteiger partial charge in [0, 0.05) is 93.9 Å². The Morgan fingerprint density at radius 1 is 0.227 bits per heavy atom. The molecule has 4 heteroatoms. The number of hydrogen-bond donors (Lipinski definition) is 0. The van der Waals surface area contributed by atoms with Crippen molar-refractivity contribution in [1.82, 2.24) is 0 Å². The van der Waals surface area contributed by atoms with Crippen LogP contribution < -0.4 is 18.3 Å². The molecule has 0 atom stereocenters. The molecule has 0 N–H and O–H groups in total. The Balaban J connectivity index is 0.000000164. The lowest BCUT2D eigenvalue weighted by atomic mass is 9.93. The van der Waals surface area contributed by atoms with E-state index in [2.05, 4.69) is 37.3 Å². The van der Waals surface area contributed by atoms with Crippen LogP contribution in [0.15, 0.2) is 243 Å². The van der Waals surface area contributed by atoms with E-state index in [4.69, 9.17) is 24.7 Å². The number of aryl methyl sites for hydroxylation is 16. The van der Waals surface area contributed by atoms with Gasteiger partial charge in [-0.25, -0.2) is 18.3 Å². The molecule has 0 unspecified atom stereocenters. The number of rotatable bonds is 8. The van der Waals surface area contributed by atoms with Gasteiger partial charge in [0.2, 0.25) is 22.8 Å². The van der Waals surface area contributed by atoms with Gasteiger partial charge in [0.25, 0.3) is 0 Å². The lowest BCUT2D eigenvalue weighted by molar-refractivity contribution is -0.660. The summed E-state index contributed by atoms with van der Waals surface area (Å²) in [5, 5.41) is 0. The number of pyridine rings is 4. The summed E-state index contributed by atoms with van der Waals surface area (Å²) < 4.78 is 148. The summed E-state index contributed by atoms with van der Waals surface area (Å²) in [7, 11) is 7.50. The van der Waals surface area contributed by atoms with E-state index in [-0.39, 0.29) is 5.56 Å². The molecule has 4 nitrogen and oxygen atoms in total. The normalized spacial score (nSPS) is 14.6. The maximum Gasteiger partial charge on any atom is 0.212 e.